The average molecular weight is 192 g/mol. The summed E-state index contributed by atoms with van der Waals surface area (Å²) in [6, 6.07) is 6.51. The average Bonchev–Trinajstić information content (AvgIpc) is 2.19. The molecule has 0 bridgehead atoms. The lowest BCUT2D eigenvalue weighted by atomic mass is 9.83. The number of carbonyl (C=O) groups excluding carboxylic acids is 1. The van der Waals surface area contributed by atoms with Crippen LogP contribution >= 0.6 is 0 Å². The molecule has 0 aromatic heterocycles. The van der Waals surface area contributed by atoms with Crippen LogP contribution in [0.3, 0.4) is 0 Å². The van der Waals surface area contributed by atoms with Gasteiger partial charge in [0, 0.05) is 12.8 Å². The first-order chi connectivity index (χ1) is 6.75. The van der Waals surface area contributed by atoms with Gasteiger partial charge in [-0.25, -0.2) is 4.39 Å². The highest BCUT2D eigenvalue weighted by Crippen LogP contribution is 2.30. The molecule has 1 aliphatic carbocycles. The molecule has 2 heteroatoms. The van der Waals surface area contributed by atoms with E-state index >= 15 is 0 Å². The number of rotatable bonds is 1. The number of benzene rings is 1. The lowest BCUT2D eigenvalue weighted by Crippen LogP contribution is -2.13. The van der Waals surface area contributed by atoms with Crippen LogP contribution in [0, 0.1) is 5.82 Å². The van der Waals surface area contributed by atoms with Crippen molar-refractivity contribution in [3.63, 3.8) is 0 Å². The summed E-state index contributed by atoms with van der Waals surface area (Å²) < 4.78 is 12.7. The summed E-state index contributed by atoms with van der Waals surface area (Å²) in [5.74, 6) is 0.443. The molecule has 1 atom stereocenters. The molecule has 0 spiro atoms. The zero-order valence-corrected chi connectivity index (χ0v) is 8.00. The van der Waals surface area contributed by atoms with E-state index in [1.807, 2.05) is 0 Å². The van der Waals surface area contributed by atoms with Gasteiger partial charge in [0.05, 0.1) is 0 Å². The minimum absolute atomic E-state index is 0.212. The second kappa shape index (κ2) is 3.91. The highest BCUT2D eigenvalue weighted by molar-refractivity contribution is 5.80. The number of hydrogen-bond acceptors (Lipinski definition) is 1. The van der Waals surface area contributed by atoms with Gasteiger partial charge in [-0.3, -0.25) is 4.79 Å². The van der Waals surface area contributed by atoms with Gasteiger partial charge in [0.1, 0.15) is 11.6 Å². The maximum Gasteiger partial charge on any atom is 0.133 e. The van der Waals surface area contributed by atoms with Gasteiger partial charge in [-0.2, -0.15) is 0 Å². The fourth-order valence-electron chi connectivity index (χ4n) is 2.04. The third-order valence-corrected chi connectivity index (χ3v) is 2.82. The topological polar surface area (TPSA) is 17.1 Å². The summed E-state index contributed by atoms with van der Waals surface area (Å²) >= 11 is 0. The van der Waals surface area contributed by atoms with Crippen molar-refractivity contribution in [2.45, 2.75) is 31.6 Å². The van der Waals surface area contributed by atoms with Crippen LogP contribution in [0.2, 0.25) is 0 Å². The molecule has 1 aromatic carbocycles. The molecule has 1 saturated carbocycles. The van der Waals surface area contributed by atoms with E-state index in [9.17, 15) is 9.18 Å². The van der Waals surface area contributed by atoms with Gasteiger partial charge in [-0.05, 0) is 36.5 Å². The molecule has 0 N–H and O–H groups in total. The van der Waals surface area contributed by atoms with E-state index in [4.69, 9.17) is 0 Å². The van der Waals surface area contributed by atoms with Gasteiger partial charge >= 0.3 is 0 Å². The summed E-state index contributed by atoms with van der Waals surface area (Å²) in [7, 11) is 0. The van der Waals surface area contributed by atoms with Crippen molar-refractivity contribution < 1.29 is 9.18 Å². The van der Waals surface area contributed by atoms with Gasteiger partial charge in [0.15, 0.2) is 0 Å². The van der Waals surface area contributed by atoms with E-state index in [2.05, 4.69) is 0 Å². The molecule has 0 amide bonds. The van der Waals surface area contributed by atoms with Crippen LogP contribution in [0.15, 0.2) is 24.3 Å². The van der Waals surface area contributed by atoms with Crippen molar-refractivity contribution in [2.75, 3.05) is 0 Å². The normalized spacial score (nSPS) is 22.4. The van der Waals surface area contributed by atoms with Crippen LogP contribution in [-0.4, -0.2) is 5.78 Å². The molecule has 0 unspecified atom stereocenters. The Morgan fingerprint density at radius 2 is 1.93 bits per heavy atom. The Balaban J connectivity index is 2.14. The van der Waals surface area contributed by atoms with Gasteiger partial charge in [0.25, 0.3) is 0 Å². The van der Waals surface area contributed by atoms with E-state index in [1.54, 1.807) is 12.1 Å². The summed E-state index contributed by atoms with van der Waals surface area (Å²) in [6.07, 6.45) is 3.38. The SMILES string of the molecule is O=C1CCC[C@H](c2ccc(F)cc2)C1. The molecule has 14 heavy (non-hydrogen) atoms. The Kier molecular flexibility index (Phi) is 2.62. The molecule has 0 heterocycles. The van der Waals surface area contributed by atoms with Crippen molar-refractivity contribution in [1.29, 1.82) is 0 Å². The number of hydrogen-bond donors (Lipinski definition) is 0. The van der Waals surface area contributed by atoms with Gasteiger partial charge in [-0.15, -0.1) is 0 Å². The first kappa shape index (κ1) is 9.38. The second-order valence-corrected chi connectivity index (χ2v) is 3.88. The summed E-state index contributed by atoms with van der Waals surface area (Å²) in [4.78, 5) is 11.2. The zero-order chi connectivity index (χ0) is 9.97. The van der Waals surface area contributed by atoms with Crippen molar-refractivity contribution in [1.82, 2.24) is 0 Å². The molecule has 0 radical (unpaired) electrons. The monoisotopic (exact) mass is 192 g/mol. The lowest BCUT2D eigenvalue weighted by molar-refractivity contribution is -0.120. The van der Waals surface area contributed by atoms with Crippen LogP contribution < -0.4 is 0 Å². The van der Waals surface area contributed by atoms with E-state index in [1.165, 1.54) is 12.1 Å². The van der Waals surface area contributed by atoms with Crippen LogP contribution in [-0.2, 0) is 4.79 Å². The molecule has 74 valence electrons. The molecule has 0 aliphatic heterocycles. The third kappa shape index (κ3) is 2.00. The van der Waals surface area contributed by atoms with Crippen LogP contribution in [0.4, 0.5) is 4.39 Å². The number of Topliss-reactive ketones (excluding diaryl/α,β-unsaturated/α-hetero) is 1. The Morgan fingerprint density at radius 1 is 1.21 bits per heavy atom. The summed E-state index contributed by atoms with van der Waals surface area (Å²) in [5, 5.41) is 0. The number of halogens is 1. The molecular weight excluding hydrogens is 179 g/mol. The standard InChI is InChI=1S/C12H13FO/c13-11-6-4-9(5-7-11)10-2-1-3-12(14)8-10/h4-7,10H,1-3,8H2/t10-/m0/s1. The summed E-state index contributed by atoms with van der Waals surface area (Å²) in [5.41, 5.74) is 1.10. The fourth-order valence-corrected chi connectivity index (χ4v) is 2.04. The van der Waals surface area contributed by atoms with Crippen molar-refractivity contribution in [2.24, 2.45) is 0 Å². The molecule has 0 saturated heterocycles. The van der Waals surface area contributed by atoms with Crippen molar-refractivity contribution >= 4 is 5.78 Å². The maximum atomic E-state index is 12.7. The number of carbonyl (C=O) groups is 1. The fraction of sp³-hybridized carbons (Fsp3) is 0.417. The van der Waals surface area contributed by atoms with Crippen LogP contribution in [0.1, 0.15) is 37.2 Å². The highest BCUT2D eigenvalue weighted by atomic mass is 19.1. The van der Waals surface area contributed by atoms with E-state index < -0.39 is 0 Å². The van der Waals surface area contributed by atoms with Crippen LogP contribution in [0.5, 0.6) is 0 Å². The lowest BCUT2D eigenvalue weighted by Gasteiger charge is -2.20. The molecule has 1 fully saturated rings. The van der Waals surface area contributed by atoms with Crippen molar-refractivity contribution in [3.05, 3.63) is 35.6 Å². The smallest absolute Gasteiger partial charge is 0.133 e. The first-order valence-electron chi connectivity index (χ1n) is 5.03. The molecule has 1 aliphatic rings. The maximum absolute atomic E-state index is 12.7. The van der Waals surface area contributed by atoms with Gasteiger partial charge in [-0.1, -0.05) is 12.1 Å². The predicted octanol–water partition coefficient (Wildman–Crippen LogP) is 3.05. The Labute approximate surface area is 82.9 Å². The van der Waals surface area contributed by atoms with E-state index in [0.29, 0.717) is 18.1 Å². The minimum Gasteiger partial charge on any atom is -0.300 e. The van der Waals surface area contributed by atoms with E-state index in [-0.39, 0.29) is 5.82 Å². The second-order valence-electron chi connectivity index (χ2n) is 3.88. The third-order valence-electron chi connectivity index (χ3n) is 2.82. The minimum atomic E-state index is -0.212. The Morgan fingerprint density at radius 3 is 2.57 bits per heavy atom. The Bertz CT molecular complexity index is 329. The largest absolute Gasteiger partial charge is 0.300 e. The van der Waals surface area contributed by atoms with Gasteiger partial charge in [0.2, 0.25) is 0 Å². The Hall–Kier alpha value is -1.18. The molecule has 1 nitrogen and oxygen atoms in total. The predicted molar refractivity (Wildman–Crippen MR) is 52.6 cm³/mol. The van der Waals surface area contributed by atoms with Crippen molar-refractivity contribution in [3.8, 4) is 0 Å². The molecule has 2 rings (SSSR count). The first-order valence-corrected chi connectivity index (χ1v) is 5.03. The molecule has 1 aromatic rings. The quantitative estimate of drug-likeness (QED) is 0.668. The van der Waals surface area contributed by atoms with Gasteiger partial charge < -0.3 is 0 Å². The molecular formula is C12H13FO. The zero-order valence-electron chi connectivity index (χ0n) is 8.00. The summed E-state index contributed by atoms with van der Waals surface area (Å²) in [6.45, 7) is 0. The van der Waals surface area contributed by atoms with Crippen LogP contribution in [0.25, 0.3) is 0 Å². The van der Waals surface area contributed by atoms with E-state index in [0.717, 1.165) is 24.8 Å². The highest BCUT2D eigenvalue weighted by Gasteiger charge is 2.20. The number of ketones is 1.